The minimum atomic E-state index is -0.560. The maximum absolute atomic E-state index is 12.9. The van der Waals surface area contributed by atoms with Gasteiger partial charge in [-0.05, 0) is 73.7 Å². The van der Waals surface area contributed by atoms with E-state index in [1.54, 1.807) is 48.5 Å². The van der Waals surface area contributed by atoms with Gasteiger partial charge in [0.2, 0.25) is 11.8 Å². The number of imide groups is 1. The van der Waals surface area contributed by atoms with Crippen LogP contribution in [0.2, 0.25) is 0 Å². The molecule has 30 heavy (non-hydrogen) atoms. The van der Waals surface area contributed by atoms with Gasteiger partial charge >= 0.3 is 5.97 Å². The van der Waals surface area contributed by atoms with Crippen molar-refractivity contribution in [3.05, 3.63) is 71.8 Å². The quantitative estimate of drug-likeness (QED) is 0.258. The molecule has 1 heterocycles. The van der Waals surface area contributed by atoms with Crippen molar-refractivity contribution < 1.29 is 23.9 Å². The Morgan fingerprint density at radius 2 is 1.37 bits per heavy atom. The lowest BCUT2D eigenvalue weighted by molar-refractivity contribution is -0.123. The molecule has 0 aromatic heterocycles. The molecule has 0 spiro atoms. The molecule has 6 nitrogen and oxygen atoms in total. The highest BCUT2D eigenvalue weighted by Gasteiger charge is 2.59. The van der Waals surface area contributed by atoms with E-state index >= 15 is 0 Å². The first-order valence-corrected chi connectivity index (χ1v) is 9.93. The monoisotopic (exact) mass is 401 g/mol. The lowest BCUT2D eigenvalue weighted by atomic mass is 9.85. The third kappa shape index (κ3) is 2.79. The molecule has 2 aromatic carbocycles. The number of hydrogen-bond donors (Lipinski definition) is 0. The Morgan fingerprint density at radius 3 is 1.90 bits per heavy atom. The van der Waals surface area contributed by atoms with Gasteiger partial charge in [-0.3, -0.25) is 19.3 Å². The number of anilines is 1. The molecule has 5 rings (SSSR count). The van der Waals surface area contributed by atoms with Crippen LogP contribution < -0.4 is 9.64 Å². The van der Waals surface area contributed by atoms with Crippen LogP contribution >= 0.6 is 0 Å². The third-order valence-electron chi connectivity index (χ3n) is 6.30. The number of hydrogen-bond acceptors (Lipinski definition) is 5. The fraction of sp³-hybridized carbons (Fsp3) is 0.250. The molecule has 0 radical (unpaired) electrons. The van der Waals surface area contributed by atoms with E-state index in [0.717, 1.165) is 6.42 Å². The summed E-state index contributed by atoms with van der Waals surface area (Å²) in [7, 11) is 0. The number of Topliss-reactive ketones (excluding diaryl/α,β-unsaturated/α-hetero) is 1. The Morgan fingerprint density at radius 1 is 0.833 bits per heavy atom. The molecule has 2 fully saturated rings. The Bertz CT molecular complexity index is 1070. The van der Waals surface area contributed by atoms with Gasteiger partial charge in [-0.1, -0.05) is 12.2 Å². The molecule has 6 heteroatoms. The topological polar surface area (TPSA) is 80.8 Å². The number of esters is 1. The highest BCUT2D eigenvalue weighted by Crippen LogP contribution is 2.53. The Balaban J connectivity index is 1.31. The van der Waals surface area contributed by atoms with E-state index in [1.807, 2.05) is 0 Å². The molecular weight excluding hydrogens is 382 g/mol. The van der Waals surface area contributed by atoms with Gasteiger partial charge < -0.3 is 4.74 Å². The van der Waals surface area contributed by atoms with Crippen molar-refractivity contribution in [3.8, 4) is 5.75 Å². The zero-order valence-electron chi connectivity index (χ0n) is 16.3. The average Bonchev–Trinajstić information content (AvgIpc) is 3.42. The lowest BCUT2D eigenvalue weighted by Crippen LogP contribution is -2.32. The summed E-state index contributed by atoms with van der Waals surface area (Å²) in [5.41, 5.74) is 1.31. The Hall–Kier alpha value is -3.54. The van der Waals surface area contributed by atoms with Crippen LogP contribution in [0.5, 0.6) is 5.75 Å². The molecule has 2 amide bonds. The second-order valence-electron chi connectivity index (χ2n) is 8.03. The van der Waals surface area contributed by atoms with Crippen molar-refractivity contribution in [2.75, 3.05) is 4.90 Å². The second-order valence-corrected chi connectivity index (χ2v) is 8.03. The minimum Gasteiger partial charge on any atom is -0.423 e. The summed E-state index contributed by atoms with van der Waals surface area (Å²) in [6.07, 6.45) is 5.00. The average molecular weight is 401 g/mol. The largest absolute Gasteiger partial charge is 0.423 e. The molecule has 2 aromatic rings. The predicted molar refractivity (Wildman–Crippen MR) is 108 cm³/mol. The zero-order chi connectivity index (χ0) is 21.0. The SMILES string of the molecule is CC(=O)c1ccc(OC(=O)c2ccc(N3C(=O)[C@@H]4[C@H](C3=O)[C@H]3C=C[C@@H]4C3)cc2)cc1. The van der Waals surface area contributed by atoms with Gasteiger partial charge in [0, 0.05) is 5.56 Å². The third-order valence-corrected chi connectivity index (χ3v) is 6.30. The standard InChI is InChI=1S/C24H19NO5/c1-13(26)14-6-10-19(11-7-14)30-24(29)15-4-8-18(9-5-15)25-22(27)20-16-2-3-17(12-16)21(20)23(25)28/h2-11,16-17,20-21H,12H2,1H3/t16-,17+,20+,21-. The first-order valence-electron chi connectivity index (χ1n) is 9.93. The number of benzene rings is 2. The van der Waals surface area contributed by atoms with E-state index in [0.29, 0.717) is 22.6 Å². The van der Waals surface area contributed by atoms with Gasteiger partial charge in [-0.25, -0.2) is 4.79 Å². The highest BCUT2D eigenvalue weighted by atomic mass is 16.5. The summed E-state index contributed by atoms with van der Waals surface area (Å²) in [4.78, 5) is 50.7. The van der Waals surface area contributed by atoms with Gasteiger partial charge in [0.1, 0.15) is 5.75 Å². The normalized spacial score (nSPS) is 26.2. The number of carbonyl (C=O) groups is 4. The first-order chi connectivity index (χ1) is 14.4. The number of ketones is 1. The summed E-state index contributed by atoms with van der Waals surface area (Å²) in [5.74, 6) is -0.793. The van der Waals surface area contributed by atoms with Crippen molar-refractivity contribution in [2.45, 2.75) is 13.3 Å². The van der Waals surface area contributed by atoms with Crippen LogP contribution in [-0.4, -0.2) is 23.6 Å². The molecule has 2 bridgehead atoms. The van der Waals surface area contributed by atoms with E-state index in [-0.39, 0.29) is 41.3 Å². The summed E-state index contributed by atoms with van der Waals surface area (Å²) >= 11 is 0. The molecule has 0 N–H and O–H groups in total. The summed E-state index contributed by atoms with van der Waals surface area (Å²) < 4.78 is 5.33. The molecule has 3 aliphatic rings. The summed E-state index contributed by atoms with van der Waals surface area (Å²) in [6, 6.07) is 12.6. The van der Waals surface area contributed by atoms with E-state index in [9.17, 15) is 19.2 Å². The van der Waals surface area contributed by atoms with Gasteiger partial charge in [0.05, 0.1) is 23.1 Å². The Kier molecular flexibility index (Phi) is 4.17. The lowest BCUT2D eigenvalue weighted by Gasteiger charge is -2.17. The number of ether oxygens (including phenoxy) is 1. The van der Waals surface area contributed by atoms with E-state index < -0.39 is 5.97 Å². The van der Waals surface area contributed by atoms with Crippen LogP contribution in [0.3, 0.4) is 0 Å². The number of nitrogens with zero attached hydrogens (tertiary/aromatic N) is 1. The van der Waals surface area contributed by atoms with Crippen molar-refractivity contribution in [3.63, 3.8) is 0 Å². The molecule has 4 atom stereocenters. The number of fused-ring (bicyclic) bond motifs is 5. The van der Waals surface area contributed by atoms with E-state index in [2.05, 4.69) is 12.2 Å². The van der Waals surface area contributed by atoms with Gasteiger partial charge in [0.15, 0.2) is 5.78 Å². The van der Waals surface area contributed by atoms with Gasteiger partial charge in [-0.15, -0.1) is 0 Å². The first kappa shape index (κ1) is 18.5. The van der Waals surface area contributed by atoms with Gasteiger partial charge in [0.25, 0.3) is 0 Å². The second kappa shape index (κ2) is 6.76. The van der Waals surface area contributed by atoms with Crippen molar-refractivity contribution in [1.82, 2.24) is 0 Å². The smallest absolute Gasteiger partial charge is 0.343 e. The van der Waals surface area contributed by atoms with Crippen LogP contribution in [0.4, 0.5) is 5.69 Å². The predicted octanol–water partition coefficient (Wildman–Crippen LogP) is 3.42. The number of amides is 2. The molecule has 2 aliphatic carbocycles. The zero-order valence-corrected chi connectivity index (χ0v) is 16.3. The number of allylic oxidation sites excluding steroid dienone is 2. The van der Waals surface area contributed by atoms with Crippen molar-refractivity contribution in [2.24, 2.45) is 23.7 Å². The number of carbonyl (C=O) groups excluding carboxylic acids is 4. The molecular formula is C24H19NO5. The fourth-order valence-electron chi connectivity index (χ4n) is 4.83. The molecule has 1 aliphatic heterocycles. The van der Waals surface area contributed by atoms with Crippen LogP contribution in [0, 0.1) is 23.7 Å². The number of rotatable bonds is 4. The van der Waals surface area contributed by atoms with Crippen molar-refractivity contribution in [1.29, 1.82) is 0 Å². The molecule has 0 unspecified atom stereocenters. The van der Waals surface area contributed by atoms with E-state index in [1.165, 1.54) is 11.8 Å². The molecule has 1 saturated carbocycles. The van der Waals surface area contributed by atoms with Crippen LogP contribution in [0.25, 0.3) is 0 Å². The maximum atomic E-state index is 12.9. The fourth-order valence-corrected chi connectivity index (χ4v) is 4.83. The highest BCUT2D eigenvalue weighted by molar-refractivity contribution is 6.22. The maximum Gasteiger partial charge on any atom is 0.343 e. The molecule has 1 saturated heterocycles. The van der Waals surface area contributed by atoms with E-state index in [4.69, 9.17) is 4.74 Å². The Labute approximate surface area is 173 Å². The minimum absolute atomic E-state index is 0.0672. The van der Waals surface area contributed by atoms with Gasteiger partial charge in [-0.2, -0.15) is 0 Å². The van der Waals surface area contributed by atoms with Crippen LogP contribution in [0.15, 0.2) is 60.7 Å². The molecule has 150 valence electrons. The summed E-state index contributed by atoms with van der Waals surface area (Å²) in [6.45, 7) is 1.47. The van der Waals surface area contributed by atoms with Crippen LogP contribution in [-0.2, 0) is 9.59 Å². The van der Waals surface area contributed by atoms with Crippen molar-refractivity contribution >= 4 is 29.3 Å². The summed E-state index contributed by atoms with van der Waals surface area (Å²) in [5, 5.41) is 0. The van der Waals surface area contributed by atoms with Crippen LogP contribution in [0.1, 0.15) is 34.1 Å².